The Balaban J connectivity index is 1.60. The minimum absolute atomic E-state index is 0.0399. The fraction of sp³-hybridized carbons (Fsp3) is 0.632. The molecule has 0 radical (unpaired) electrons. The summed E-state index contributed by atoms with van der Waals surface area (Å²) < 4.78 is 27.5. The topological polar surface area (TPSA) is 78.5 Å². The van der Waals surface area contributed by atoms with Gasteiger partial charge in [0.1, 0.15) is 0 Å². The predicted octanol–water partition coefficient (Wildman–Crippen LogP) is 1.52. The van der Waals surface area contributed by atoms with Crippen LogP contribution < -0.4 is 10.6 Å². The van der Waals surface area contributed by atoms with Crippen molar-refractivity contribution in [1.29, 1.82) is 0 Å². The number of hydrogen-bond acceptors (Lipinski definition) is 4. The first kappa shape index (κ1) is 19.3. The van der Waals surface area contributed by atoms with Crippen molar-refractivity contribution < 1.29 is 13.2 Å². The van der Waals surface area contributed by atoms with Crippen molar-refractivity contribution in [2.75, 3.05) is 26.2 Å². The largest absolute Gasteiger partial charge is 0.354 e. The van der Waals surface area contributed by atoms with Crippen molar-refractivity contribution in [3.63, 3.8) is 0 Å². The van der Waals surface area contributed by atoms with Gasteiger partial charge in [0, 0.05) is 19.6 Å². The molecule has 2 unspecified atom stereocenters. The van der Waals surface area contributed by atoms with Crippen molar-refractivity contribution in [2.45, 2.75) is 50.0 Å². The molecule has 2 N–H and O–H groups in total. The Morgan fingerprint density at radius 1 is 1.31 bits per heavy atom. The van der Waals surface area contributed by atoms with Gasteiger partial charge in [-0.2, -0.15) is 4.31 Å². The lowest BCUT2D eigenvalue weighted by molar-refractivity contribution is -0.123. The average Bonchev–Trinajstić information content (AvgIpc) is 3.21. The van der Waals surface area contributed by atoms with Crippen molar-refractivity contribution in [1.82, 2.24) is 14.9 Å². The molecule has 3 rings (SSSR count). The van der Waals surface area contributed by atoms with E-state index < -0.39 is 10.0 Å². The molecule has 0 bridgehead atoms. The highest BCUT2D eigenvalue weighted by molar-refractivity contribution is 7.89. The van der Waals surface area contributed by atoms with Crippen LogP contribution in [0.15, 0.2) is 29.2 Å². The number of carbonyl (C=O) groups excluding carboxylic acids is 1. The molecule has 7 heteroatoms. The third-order valence-electron chi connectivity index (χ3n) is 5.37. The molecule has 0 aliphatic carbocycles. The van der Waals surface area contributed by atoms with Gasteiger partial charge in [0.15, 0.2) is 0 Å². The molecule has 0 aromatic heterocycles. The Bertz CT molecular complexity index is 729. The molecule has 1 aromatic rings. The highest BCUT2D eigenvalue weighted by Crippen LogP contribution is 2.24. The molecular weight excluding hydrogens is 350 g/mol. The fourth-order valence-corrected chi connectivity index (χ4v) is 5.39. The Morgan fingerprint density at radius 2 is 2.15 bits per heavy atom. The number of nitrogens with one attached hydrogen (secondary N) is 2. The number of aryl methyl sites for hydroxylation is 1. The standard InChI is InChI=1S/C19H29N3O3S/c1-2-15-6-3-8-17(12-15)26(24,25)22-11-5-7-16(14-22)13-21-19(23)18-9-4-10-20-18/h3,6,8,12,16,18,20H,2,4-5,7,9-11,13-14H2,1H3,(H,21,23). The Morgan fingerprint density at radius 3 is 2.88 bits per heavy atom. The zero-order valence-corrected chi connectivity index (χ0v) is 16.2. The zero-order valence-electron chi connectivity index (χ0n) is 15.4. The smallest absolute Gasteiger partial charge is 0.243 e. The normalized spacial score (nSPS) is 24.5. The minimum Gasteiger partial charge on any atom is -0.354 e. The number of carbonyl (C=O) groups is 1. The molecule has 2 heterocycles. The summed E-state index contributed by atoms with van der Waals surface area (Å²) in [6, 6.07) is 7.11. The summed E-state index contributed by atoms with van der Waals surface area (Å²) >= 11 is 0. The van der Waals surface area contributed by atoms with E-state index in [9.17, 15) is 13.2 Å². The van der Waals surface area contributed by atoms with Gasteiger partial charge in [-0.3, -0.25) is 4.79 Å². The monoisotopic (exact) mass is 379 g/mol. The van der Waals surface area contributed by atoms with Crippen LogP contribution >= 0.6 is 0 Å². The second-order valence-corrected chi connectivity index (χ2v) is 9.20. The maximum Gasteiger partial charge on any atom is 0.243 e. The van der Waals surface area contributed by atoms with Crippen molar-refractivity contribution in [2.24, 2.45) is 5.92 Å². The summed E-state index contributed by atoms with van der Waals surface area (Å²) in [4.78, 5) is 12.5. The Hall–Kier alpha value is -1.44. The summed E-state index contributed by atoms with van der Waals surface area (Å²) in [7, 11) is -3.47. The van der Waals surface area contributed by atoms with E-state index in [2.05, 4.69) is 10.6 Å². The molecule has 2 atom stereocenters. The van der Waals surface area contributed by atoms with Crippen LogP contribution in [0.25, 0.3) is 0 Å². The zero-order chi connectivity index (χ0) is 18.6. The third-order valence-corrected chi connectivity index (χ3v) is 7.23. The Kier molecular flexibility index (Phi) is 6.32. The van der Waals surface area contributed by atoms with Crippen molar-refractivity contribution in [3.8, 4) is 0 Å². The van der Waals surface area contributed by atoms with Crippen LogP contribution in [-0.4, -0.2) is 50.9 Å². The number of amides is 1. The molecule has 0 saturated carbocycles. The van der Waals surface area contributed by atoms with E-state index in [1.54, 1.807) is 16.4 Å². The second-order valence-electron chi connectivity index (χ2n) is 7.27. The van der Waals surface area contributed by atoms with E-state index >= 15 is 0 Å². The first-order valence-electron chi connectivity index (χ1n) is 9.61. The molecule has 144 valence electrons. The van der Waals surface area contributed by atoms with Gasteiger partial charge in [-0.1, -0.05) is 19.1 Å². The summed E-state index contributed by atoms with van der Waals surface area (Å²) in [5, 5.41) is 6.19. The second kappa shape index (κ2) is 8.50. The van der Waals surface area contributed by atoms with Crippen LogP contribution in [0.1, 0.15) is 38.2 Å². The van der Waals surface area contributed by atoms with E-state index in [-0.39, 0.29) is 17.9 Å². The molecule has 6 nitrogen and oxygen atoms in total. The fourth-order valence-electron chi connectivity index (χ4n) is 3.76. The van der Waals surface area contributed by atoms with Gasteiger partial charge in [-0.05, 0) is 62.3 Å². The van der Waals surface area contributed by atoms with Crippen LogP contribution in [0.4, 0.5) is 0 Å². The highest BCUT2D eigenvalue weighted by atomic mass is 32.2. The number of benzene rings is 1. The van der Waals surface area contributed by atoms with Gasteiger partial charge in [-0.25, -0.2) is 8.42 Å². The lowest BCUT2D eigenvalue weighted by Gasteiger charge is -2.32. The van der Waals surface area contributed by atoms with E-state index in [1.165, 1.54) is 0 Å². The van der Waals surface area contributed by atoms with Gasteiger partial charge in [0.05, 0.1) is 10.9 Å². The van der Waals surface area contributed by atoms with E-state index in [4.69, 9.17) is 0 Å². The van der Waals surface area contributed by atoms with E-state index in [1.807, 2.05) is 19.1 Å². The van der Waals surface area contributed by atoms with Crippen LogP contribution in [0.5, 0.6) is 0 Å². The lowest BCUT2D eigenvalue weighted by atomic mass is 9.99. The number of sulfonamides is 1. The molecule has 1 amide bonds. The highest BCUT2D eigenvalue weighted by Gasteiger charge is 2.31. The molecule has 2 fully saturated rings. The van der Waals surface area contributed by atoms with Crippen LogP contribution in [0.3, 0.4) is 0 Å². The predicted molar refractivity (Wildman–Crippen MR) is 101 cm³/mol. The number of rotatable bonds is 6. The van der Waals surface area contributed by atoms with Crippen LogP contribution in [0.2, 0.25) is 0 Å². The Labute approximate surface area is 156 Å². The maximum absolute atomic E-state index is 13.0. The average molecular weight is 380 g/mol. The van der Waals surface area contributed by atoms with Gasteiger partial charge in [0.2, 0.25) is 15.9 Å². The maximum atomic E-state index is 13.0. The van der Waals surface area contributed by atoms with Gasteiger partial charge >= 0.3 is 0 Å². The van der Waals surface area contributed by atoms with Gasteiger partial charge in [-0.15, -0.1) is 0 Å². The third kappa shape index (κ3) is 4.45. The van der Waals surface area contributed by atoms with E-state index in [0.717, 1.165) is 44.2 Å². The van der Waals surface area contributed by atoms with Crippen molar-refractivity contribution >= 4 is 15.9 Å². The van der Waals surface area contributed by atoms with Crippen LogP contribution in [-0.2, 0) is 21.2 Å². The number of nitrogens with zero attached hydrogens (tertiary/aromatic N) is 1. The minimum atomic E-state index is -3.47. The summed E-state index contributed by atoms with van der Waals surface area (Å²) in [6.07, 6.45) is 4.50. The van der Waals surface area contributed by atoms with Crippen molar-refractivity contribution in [3.05, 3.63) is 29.8 Å². The van der Waals surface area contributed by atoms with E-state index in [0.29, 0.717) is 24.5 Å². The molecule has 26 heavy (non-hydrogen) atoms. The SMILES string of the molecule is CCc1cccc(S(=O)(=O)N2CCCC(CNC(=O)C3CCCN3)C2)c1. The quantitative estimate of drug-likeness (QED) is 0.785. The lowest BCUT2D eigenvalue weighted by Crippen LogP contribution is -2.46. The van der Waals surface area contributed by atoms with Gasteiger partial charge in [0.25, 0.3) is 0 Å². The summed E-state index contributed by atoms with van der Waals surface area (Å²) in [5.74, 6) is 0.205. The first-order valence-corrected chi connectivity index (χ1v) is 11.0. The first-order chi connectivity index (χ1) is 12.5. The number of hydrogen-bond donors (Lipinski definition) is 2. The summed E-state index contributed by atoms with van der Waals surface area (Å²) in [5.41, 5.74) is 1.02. The molecule has 2 aliphatic rings. The summed E-state index contributed by atoms with van der Waals surface area (Å²) in [6.45, 7) is 4.47. The van der Waals surface area contributed by atoms with Crippen LogP contribution in [0, 0.1) is 5.92 Å². The molecule has 2 saturated heterocycles. The number of piperidine rings is 1. The molecular formula is C19H29N3O3S. The molecule has 0 spiro atoms. The van der Waals surface area contributed by atoms with Gasteiger partial charge < -0.3 is 10.6 Å². The molecule has 2 aliphatic heterocycles. The molecule has 1 aromatic carbocycles.